The number of ether oxygens (including phenoxy) is 1. The molecule has 114 valence electrons. The lowest BCUT2D eigenvalue weighted by Crippen LogP contribution is -2.21. The van der Waals surface area contributed by atoms with E-state index in [2.05, 4.69) is 10.5 Å². The minimum Gasteiger partial charge on any atom is -0.449 e. The lowest BCUT2D eigenvalue weighted by atomic mass is 10.1. The van der Waals surface area contributed by atoms with Gasteiger partial charge in [0.05, 0.1) is 18.0 Å². The van der Waals surface area contributed by atoms with Gasteiger partial charge in [-0.2, -0.15) is 5.10 Å². The molecule has 6 heteroatoms. The van der Waals surface area contributed by atoms with Gasteiger partial charge in [0.2, 0.25) is 0 Å². The number of carbonyl (C=O) groups is 1. The summed E-state index contributed by atoms with van der Waals surface area (Å²) in [5.74, 6) is -0.264. The van der Waals surface area contributed by atoms with Crippen LogP contribution in [0.3, 0.4) is 0 Å². The van der Waals surface area contributed by atoms with Crippen molar-refractivity contribution in [1.29, 1.82) is 0 Å². The van der Waals surface area contributed by atoms with Gasteiger partial charge in [0, 0.05) is 18.7 Å². The normalized spacial score (nSPS) is 15.2. The van der Waals surface area contributed by atoms with Crippen LogP contribution in [-0.2, 0) is 4.74 Å². The summed E-state index contributed by atoms with van der Waals surface area (Å²) in [7, 11) is 0. The number of benzene rings is 1. The number of amides is 1. The Morgan fingerprint density at radius 2 is 2.14 bits per heavy atom. The number of carbonyl (C=O) groups excluding carboxylic acids is 1. The first-order valence-corrected chi connectivity index (χ1v) is 7.13. The number of hydrogen-bond donors (Lipinski definition) is 1. The van der Waals surface area contributed by atoms with Crippen LogP contribution in [0.1, 0.15) is 32.3 Å². The third-order valence-corrected chi connectivity index (χ3v) is 3.40. The summed E-state index contributed by atoms with van der Waals surface area (Å²) in [6.07, 6.45) is 1.59. The van der Waals surface area contributed by atoms with Crippen LogP contribution in [-0.4, -0.2) is 31.5 Å². The van der Waals surface area contributed by atoms with E-state index in [-0.39, 0.29) is 12.4 Å². The molecular formula is C15H20FN3O2. The fourth-order valence-corrected chi connectivity index (χ4v) is 2.30. The Hall–Kier alpha value is -2.11. The van der Waals surface area contributed by atoms with Crippen molar-refractivity contribution in [2.24, 2.45) is 5.10 Å². The lowest BCUT2D eigenvalue weighted by Gasteiger charge is -2.18. The molecule has 1 fully saturated rings. The molecule has 0 saturated carbocycles. The van der Waals surface area contributed by atoms with E-state index in [4.69, 9.17) is 4.74 Å². The van der Waals surface area contributed by atoms with Gasteiger partial charge in [0.15, 0.2) is 0 Å². The zero-order valence-electron chi connectivity index (χ0n) is 12.4. The summed E-state index contributed by atoms with van der Waals surface area (Å²) in [6, 6.07) is 5.01. The largest absolute Gasteiger partial charge is 0.449 e. The minimum absolute atomic E-state index is 0.264. The molecule has 5 nitrogen and oxygen atoms in total. The van der Waals surface area contributed by atoms with Crippen molar-refractivity contribution >= 4 is 17.5 Å². The number of hydrogen-bond acceptors (Lipinski definition) is 4. The molecule has 0 unspecified atom stereocenters. The van der Waals surface area contributed by atoms with Crippen LogP contribution < -0.4 is 10.3 Å². The average molecular weight is 293 g/mol. The maximum Gasteiger partial charge on any atom is 0.427 e. The van der Waals surface area contributed by atoms with Crippen LogP contribution in [0.5, 0.6) is 0 Å². The van der Waals surface area contributed by atoms with Gasteiger partial charge >= 0.3 is 6.09 Å². The van der Waals surface area contributed by atoms with Crippen molar-refractivity contribution in [2.75, 3.05) is 24.6 Å². The van der Waals surface area contributed by atoms with Crippen LogP contribution in [0.2, 0.25) is 0 Å². The number of rotatable bonds is 4. The first-order chi connectivity index (χ1) is 10.1. The molecule has 1 amide bonds. The third kappa shape index (κ3) is 3.93. The highest BCUT2D eigenvalue weighted by molar-refractivity contribution is 5.99. The molecule has 0 aromatic heterocycles. The summed E-state index contributed by atoms with van der Waals surface area (Å²) in [5, 5.41) is 3.89. The van der Waals surface area contributed by atoms with Crippen molar-refractivity contribution in [3.63, 3.8) is 0 Å². The molecule has 1 saturated heterocycles. The number of anilines is 1. The Morgan fingerprint density at radius 3 is 2.76 bits per heavy atom. The highest BCUT2D eigenvalue weighted by Crippen LogP contribution is 2.24. The quantitative estimate of drug-likeness (QED) is 0.686. The van der Waals surface area contributed by atoms with E-state index < -0.39 is 6.09 Å². The molecule has 0 radical (unpaired) electrons. The van der Waals surface area contributed by atoms with Crippen molar-refractivity contribution in [1.82, 2.24) is 5.43 Å². The molecule has 2 rings (SSSR count). The number of halogens is 1. The van der Waals surface area contributed by atoms with Gasteiger partial charge in [0.1, 0.15) is 5.82 Å². The van der Waals surface area contributed by atoms with Gasteiger partial charge in [-0.3, -0.25) is 0 Å². The van der Waals surface area contributed by atoms with Gasteiger partial charge in [0.25, 0.3) is 0 Å². The first kappa shape index (κ1) is 15.3. The monoisotopic (exact) mass is 293 g/mol. The SMILES string of the molecule is CCOC(=O)N/N=C(/C)c1ccc(N2CCCC2)c(F)c1. The molecule has 1 aliphatic rings. The highest BCUT2D eigenvalue weighted by Gasteiger charge is 2.16. The van der Waals surface area contributed by atoms with Crippen LogP contribution in [0.15, 0.2) is 23.3 Å². The van der Waals surface area contributed by atoms with E-state index in [1.165, 1.54) is 6.07 Å². The topological polar surface area (TPSA) is 53.9 Å². The van der Waals surface area contributed by atoms with E-state index in [9.17, 15) is 9.18 Å². The molecule has 0 aliphatic carbocycles. The van der Waals surface area contributed by atoms with Crippen LogP contribution in [0, 0.1) is 5.82 Å². The van der Waals surface area contributed by atoms with Crippen LogP contribution in [0.25, 0.3) is 0 Å². The molecule has 1 aromatic carbocycles. The van der Waals surface area contributed by atoms with Gasteiger partial charge in [-0.15, -0.1) is 0 Å². The third-order valence-electron chi connectivity index (χ3n) is 3.40. The highest BCUT2D eigenvalue weighted by atomic mass is 19.1. The first-order valence-electron chi connectivity index (χ1n) is 7.13. The predicted octanol–water partition coefficient (Wildman–Crippen LogP) is 2.90. The molecule has 0 atom stereocenters. The van der Waals surface area contributed by atoms with Gasteiger partial charge < -0.3 is 9.64 Å². The zero-order chi connectivity index (χ0) is 15.2. The van der Waals surface area contributed by atoms with E-state index in [1.54, 1.807) is 19.9 Å². The summed E-state index contributed by atoms with van der Waals surface area (Å²) >= 11 is 0. The van der Waals surface area contributed by atoms with Crippen molar-refractivity contribution in [3.8, 4) is 0 Å². The second-order valence-corrected chi connectivity index (χ2v) is 4.89. The Balaban J connectivity index is 2.08. The summed E-state index contributed by atoms with van der Waals surface area (Å²) < 4.78 is 18.9. The lowest BCUT2D eigenvalue weighted by molar-refractivity contribution is 0.152. The Labute approximate surface area is 123 Å². The van der Waals surface area contributed by atoms with Gasteiger partial charge in [-0.1, -0.05) is 6.07 Å². The predicted molar refractivity (Wildman–Crippen MR) is 80.2 cm³/mol. The van der Waals surface area contributed by atoms with E-state index in [1.807, 2.05) is 11.0 Å². The maximum atomic E-state index is 14.2. The van der Waals surface area contributed by atoms with E-state index in [0.29, 0.717) is 17.0 Å². The minimum atomic E-state index is -0.619. The van der Waals surface area contributed by atoms with E-state index >= 15 is 0 Å². The molecule has 1 aliphatic heterocycles. The summed E-state index contributed by atoms with van der Waals surface area (Å²) in [5.41, 5.74) is 4.05. The van der Waals surface area contributed by atoms with Gasteiger partial charge in [-0.25, -0.2) is 14.6 Å². The Morgan fingerprint density at radius 1 is 1.43 bits per heavy atom. The zero-order valence-corrected chi connectivity index (χ0v) is 12.4. The Kier molecular flexibility index (Phi) is 5.14. The number of nitrogens with one attached hydrogen (secondary N) is 1. The second kappa shape index (κ2) is 7.06. The summed E-state index contributed by atoms with van der Waals surface area (Å²) in [4.78, 5) is 13.2. The van der Waals surface area contributed by atoms with Crippen molar-refractivity contribution < 1.29 is 13.9 Å². The van der Waals surface area contributed by atoms with E-state index in [0.717, 1.165) is 25.9 Å². The smallest absolute Gasteiger partial charge is 0.427 e. The van der Waals surface area contributed by atoms with Crippen molar-refractivity contribution in [3.05, 3.63) is 29.6 Å². The molecule has 21 heavy (non-hydrogen) atoms. The molecular weight excluding hydrogens is 273 g/mol. The van der Waals surface area contributed by atoms with Gasteiger partial charge in [-0.05, 0) is 38.8 Å². The molecule has 0 spiro atoms. The van der Waals surface area contributed by atoms with Crippen LogP contribution in [0.4, 0.5) is 14.9 Å². The fraction of sp³-hybridized carbons (Fsp3) is 0.467. The standard InChI is InChI=1S/C15H20FN3O2/c1-3-21-15(20)18-17-11(2)12-6-7-14(13(16)10-12)19-8-4-5-9-19/h6-7,10H,3-5,8-9H2,1-2H3,(H,18,20)/b17-11-. The van der Waals surface area contributed by atoms with Crippen LogP contribution >= 0.6 is 0 Å². The molecule has 0 bridgehead atoms. The molecule has 1 heterocycles. The maximum absolute atomic E-state index is 14.2. The average Bonchev–Trinajstić information content (AvgIpc) is 2.99. The second-order valence-electron chi connectivity index (χ2n) is 4.89. The van der Waals surface area contributed by atoms with Crippen molar-refractivity contribution in [2.45, 2.75) is 26.7 Å². The number of hydrazone groups is 1. The summed E-state index contributed by atoms with van der Waals surface area (Å²) in [6.45, 7) is 5.49. The Bertz CT molecular complexity index is 540. The molecule has 1 aromatic rings. The fourth-order valence-electron chi connectivity index (χ4n) is 2.30. The number of nitrogens with zero attached hydrogens (tertiary/aromatic N) is 2. The molecule has 1 N–H and O–H groups in total.